The smallest absolute Gasteiger partial charge is 0.341 e. The number of nitriles is 1. The van der Waals surface area contributed by atoms with Crippen LogP contribution >= 0.6 is 11.6 Å². The Morgan fingerprint density at radius 2 is 1.93 bits per heavy atom. The van der Waals surface area contributed by atoms with E-state index in [1.54, 1.807) is 19.2 Å². The molecule has 2 aromatic heterocycles. The second-order valence-corrected chi connectivity index (χ2v) is 6.78. The maximum absolute atomic E-state index is 13.2. The summed E-state index contributed by atoms with van der Waals surface area (Å²) in [5, 5.41) is 7.62. The van der Waals surface area contributed by atoms with Gasteiger partial charge in [0.15, 0.2) is 5.69 Å². The molecule has 0 fully saturated rings. The second kappa shape index (κ2) is 8.16. The average Bonchev–Trinajstić information content (AvgIpc) is 2.72. The van der Waals surface area contributed by atoms with E-state index in [0.717, 1.165) is 4.40 Å². The predicted molar refractivity (Wildman–Crippen MR) is 104 cm³/mol. The highest BCUT2D eigenvalue weighted by molar-refractivity contribution is 6.31. The number of carbonyl (C=O) groups is 1. The molecular formula is C20H14ClF3N4O2. The Morgan fingerprint density at radius 3 is 2.53 bits per heavy atom. The molecule has 1 aromatic carbocycles. The number of rotatable bonds is 4. The van der Waals surface area contributed by atoms with E-state index in [-0.39, 0.29) is 30.1 Å². The molecule has 0 N–H and O–H groups in total. The number of pyridine rings is 1. The van der Waals surface area contributed by atoms with E-state index in [4.69, 9.17) is 16.9 Å². The van der Waals surface area contributed by atoms with Crippen molar-refractivity contribution in [1.82, 2.24) is 14.3 Å². The van der Waals surface area contributed by atoms with Gasteiger partial charge in [0.1, 0.15) is 10.7 Å². The van der Waals surface area contributed by atoms with Gasteiger partial charge in [-0.1, -0.05) is 23.7 Å². The van der Waals surface area contributed by atoms with Crippen molar-refractivity contribution >= 4 is 23.2 Å². The lowest BCUT2D eigenvalue weighted by Gasteiger charge is -2.16. The van der Waals surface area contributed by atoms with Gasteiger partial charge in [-0.25, -0.2) is 4.98 Å². The number of amides is 1. The summed E-state index contributed by atoms with van der Waals surface area (Å²) in [5.74, 6) is -0.296. The standard InChI is InChI=1S/C20H14ClF3N4O2/c1-27(10-3-9-25)18(29)13-7-5-12(6-8-13)14-4-2-11-28-17(14)26-16(20(22,23)24)15(21)19(28)30/h2,4-8,11H,3,10H2,1H3. The van der Waals surface area contributed by atoms with Crippen LogP contribution in [0, 0.1) is 11.3 Å². The SMILES string of the molecule is CN(CCC#N)C(=O)c1ccc(-c2cccn3c(=O)c(Cl)c(C(F)(F)F)nc23)cc1. The zero-order chi connectivity index (χ0) is 22.1. The highest BCUT2D eigenvalue weighted by Crippen LogP contribution is 2.33. The van der Waals surface area contributed by atoms with Crippen molar-refractivity contribution in [3.8, 4) is 17.2 Å². The fourth-order valence-electron chi connectivity index (χ4n) is 2.89. The Kier molecular flexibility index (Phi) is 5.80. The maximum Gasteiger partial charge on any atom is 0.435 e. The molecule has 0 aliphatic rings. The first kappa shape index (κ1) is 21.3. The van der Waals surface area contributed by atoms with Crippen LogP contribution in [0.1, 0.15) is 22.5 Å². The number of fused-ring (bicyclic) bond motifs is 1. The van der Waals surface area contributed by atoms with E-state index in [0.29, 0.717) is 11.1 Å². The molecule has 1 amide bonds. The number of alkyl halides is 3. The van der Waals surface area contributed by atoms with Crippen molar-refractivity contribution in [1.29, 1.82) is 5.26 Å². The molecule has 0 unspecified atom stereocenters. The van der Waals surface area contributed by atoms with Crippen LogP contribution in [-0.4, -0.2) is 33.8 Å². The number of aromatic nitrogens is 2. The van der Waals surface area contributed by atoms with Crippen molar-refractivity contribution < 1.29 is 18.0 Å². The van der Waals surface area contributed by atoms with Crippen LogP contribution in [0.25, 0.3) is 16.8 Å². The monoisotopic (exact) mass is 434 g/mol. The maximum atomic E-state index is 13.2. The molecule has 3 aromatic rings. The van der Waals surface area contributed by atoms with E-state index in [2.05, 4.69) is 4.98 Å². The van der Waals surface area contributed by atoms with Gasteiger partial charge in [-0.3, -0.25) is 14.0 Å². The van der Waals surface area contributed by atoms with Crippen molar-refractivity contribution in [2.45, 2.75) is 12.6 Å². The Labute approximate surface area is 173 Å². The molecule has 30 heavy (non-hydrogen) atoms. The summed E-state index contributed by atoms with van der Waals surface area (Å²) in [5.41, 5.74) is -1.59. The topological polar surface area (TPSA) is 78.5 Å². The van der Waals surface area contributed by atoms with Crippen LogP contribution in [0.2, 0.25) is 5.02 Å². The number of hydrogen-bond donors (Lipinski definition) is 0. The zero-order valence-corrected chi connectivity index (χ0v) is 16.3. The fourth-order valence-corrected chi connectivity index (χ4v) is 3.13. The number of hydrogen-bond acceptors (Lipinski definition) is 4. The molecule has 3 rings (SSSR count). The summed E-state index contributed by atoms with van der Waals surface area (Å²) in [7, 11) is 1.57. The molecule has 0 saturated carbocycles. The minimum absolute atomic E-state index is 0.195. The van der Waals surface area contributed by atoms with Crippen LogP contribution in [0.3, 0.4) is 0 Å². The Morgan fingerprint density at radius 1 is 1.27 bits per heavy atom. The van der Waals surface area contributed by atoms with Gasteiger partial charge in [0, 0.05) is 30.9 Å². The Bertz CT molecular complexity index is 1210. The first-order chi connectivity index (χ1) is 14.1. The zero-order valence-electron chi connectivity index (χ0n) is 15.6. The summed E-state index contributed by atoms with van der Waals surface area (Å²) in [6.07, 6.45) is -3.41. The first-order valence-corrected chi connectivity index (χ1v) is 9.04. The molecule has 0 bridgehead atoms. The van der Waals surface area contributed by atoms with Gasteiger partial charge < -0.3 is 4.90 Å². The first-order valence-electron chi connectivity index (χ1n) is 8.66. The van der Waals surface area contributed by atoms with Crippen molar-refractivity contribution in [2.24, 2.45) is 0 Å². The fraction of sp³-hybridized carbons (Fsp3) is 0.200. The van der Waals surface area contributed by atoms with Crippen LogP contribution in [-0.2, 0) is 6.18 Å². The molecule has 0 aliphatic heterocycles. The minimum Gasteiger partial charge on any atom is -0.341 e. The molecular weight excluding hydrogens is 421 g/mol. The highest BCUT2D eigenvalue weighted by Gasteiger charge is 2.37. The average molecular weight is 435 g/mol. The van der Waals surface area contributed by atoms with Gasteiger partial charge in [0.2, 0.25) is 0 Å². The predicted octanol–water partition coefficient (Wildman–Crippen LogP) is 4.02. The summed E-state index contributed by atoms with van der Waals surface area (Å²) in [6, 6.07) is 11.1. The number of carbonyl (C=O) groups excluding carboxylic acids is 1. The van der Waals surface area contributed by atoms with Gasteiger partial charge in [0.25, 0.3) is 11.5 Å². The molecule has 0 radical (unpaired) electrons. The third-order valence-corrected chi connectivity index (χ3v) is 4.76. The number of nitrogens with zero attached hydrogens (tertiary/aromatic N) is 4. The van der Waals surface area contributed by atoms with E-state index in [1.807, 2.05) is 6.07 Å². The molecule has 2 heterocycles. The van der Waals surface area contributed by atoms with E-state index in [9.17, 15) is 22.8 Å². The van der Waals surface area contributed by atoms with Gasteiger partial charge >= 0.3 is 6.18 Å². The molecule has 0 aliphatic carbocycles. The van der Waals surface area contributed by atoms with Crippen LogP contribution in [0.15, 0.2) is 47.4 Å². The van der Waals surface area contributed by atoms with E-state index >= 15 is 0 Å². The highest BCUT2D eigenvalue weighted by atomic mass is 35.5. The lowest BCUT2D eigenvalue weighted by Crippen LogP contribution is -2.27. The Hall–Kier alpha value is -3.38. The quantitative estimate of drug-likeness (QED) is 0.621. The van der Waals surface area contributed by atoms with E-state index < -0.39 is 22.5 Å². The lowest BCUT2D eigenvalue weighted by molar-refractivity contribution is -0.141. The summed E-state index contributed by atoms with van der Waals surface area (Å²) >= 11 is 5.60. The van der Waals surface area contributed by atoms with Gasteiger partial charge in [0.05, 0.1) is 12.5 Å². The third kappa shape index (κ3) is 4.00. The molecule has 6 nitrogen and oxygen atoms in total. The lowest BCUT2D eigenvalue weighted by atomic mass is 10.0. The summed E-state index contributed by atoms with van der Waals surface area (Å²) in [6.45, 7) is 0.272. The van der Waals surface area contributed by atoms with Gasteiger partial charge in [-0.05, 0) is 29.8 Å². The minimum atomic E-state index is -4.89. The van der Waals surface area contributed by atoms with Crippen molar-refractivity contribution in [2.75, 3.05) is 13.6 Å². The van der Waals surface area contributed by atoms with Crippen LogP contribution in [0.5, 0.6) is 0 Å². The second-order valence-electron chi connectivity index (χ2n) is 6.40. The third-order valence-electron chi connectivity index (χ3n) is 4.42. The van der Waals surface area contributed by atoms with Gasteiger partial charge in [-0.2, -0.15) is 18.4 Å². The van der Waals surface area contributed by atoms with Crippen LogP contribution in [0.4, 0.5) is 13.2 Å². The molecule has 0 spiro atoms. The molecule has 0 atom stereocenters. The Balaban J connectivity index is 2.07. The summed E-state index contributed by atoms with van der Waals surface area (Å²) < 4.78 is 40.7. The number of halogens is 4. The van der Waals surface area contributed by atoms with E-state index in [1.165, 1.54) is 35.4 Å². The largest absolute Gasteiger partial charge is 0.435 e. The number of benzene rings is 1. The van der Waals surface area contributed by atoms with Crippen molar-refractivity contribution in [3.63, 3.8) is 0 Å². The molecule has 154 valence electrons. The normalized spacial score (nSPS) is 11.3. The van der Waals surface area contributed by atoms with Gasteiger partial charge in [-0.15, -0.1) is 0 Å². The molecule has 0 saturated heterocycles. The van der Waals surface area contributed by atoms with Crippen molar-refractivity contribution in [3.05, 3.63) is 69.2 Å². The summed E-state index contributed by atoms with van der Waals surface area (Å²) in [4.78, 5) is 29.7. The van der Waals surface area contributed by atoms with Crippen LogP contribution < -0.4 is 5.56 Å². The molecule has 10 heteroatoms.